The number of benzene rings is 2. The smallest absolute Gasteiger partial charge is 0.284 e. The Labute approximate surface area is 142 Å². The second-order valence-corrected chi connectivity index (χ2v) is 5.95. The third kappa shape index (κ3) is 2.33. The number of rotatable bonds is 4. The predicted molar refractivity (Wildman–Crippen MR) is 89.3 cm³/mol. The molecule has 1 aromatic heterocycles. The average Bonchev–Trinajstić information content (AvgIpc) is 3.01. The molecule has 7 heteroatoms. The average molecular weight is 339 g/mol. The van der Waals surface area contributed by atoms with Gasteiger partial charge in [-0.15, -0.1) is 5.10 Å². The van der Waals surface area contributed by atoms with E-state index in [1.165, 1.54) is 4.90 Å². The lowest BCUT2D eigenvalue weighted by Gasteiger charge is -2.27. The Kier molecular flexibility index (Phi) is 3.50. The summed E-state index contributed by atoms with van der Waals surface area (Å²) in [6.07, 6.45) is 1.05. The first-order chi connectivity index (χ1) is 11.6. The maximum atomic E-state index is 12.7. The van der Waals surface area contributed by atoms with Crippen LogP contribution in [0.3, 0.4) is 0 Å². The van der Waals surface area contributed by atoms with Gasteiger partial charge in [0.1, 0.15) is 0 Å². The highest BCUT2D eigenvalue weighted by Gasteiger charge is 2.32. The van der Waals surface area contributed by atoms with Gasteiger partial charge in [0.05, 0.1) is 0 Å². The monoisotopic (exact) mass is 339 g/mol. The lowest BCUT2D eigenvalue weighted by atomic mass is 9.94. The number of aromatic nitrogens is 2. The van der Waals surface area contributed by atoms with E-state index in [0.29, 0.717) is 36.4 Å². The number of aromatic amines is 1. The molecule has 3 aromatic rings. The van der Waals surface area contributed by atoms with Crippen molar-refractivity contribution < 1.29 is 14.0 Å². The molecule has 2 heterocycles. The highest BCUT2D eigenvalue weighted by molar-refractivity contribution is 7.71. The van der Waals surface area contributed by atoms with Crippen LogP contribution in [-0.4, -0.2) is 33.5 Å². The van der Waals surface area contributed by atoms with Crippen molar-refractivity contribution in [3.8, 4) is 0 Å². The topological polar surface area (TPSA) is 79.2 Å². The van der Waals surface area contributed by atoms with Crippen molar-refractivity contribution in [2.75, 3.05) is 6.54 Å². The third-order valence-electron chi connectivity index (χ3n) is 4.11. The number of nitrogens with one attached hydrogen (secondary N) is 1. The fraction of sp³-hybridized carbons (Fsp3) is 0.176. The van der Waals surface area contributed by atoms with Crippen LogP contribution >= 0.6 is 12.2 Å². The molecule has 24 heavy (non-hydrogen) atoms. The molecule has 0 atom stereocenters. The van der Waals surface area contributed by atoms with E-state index in [0.717, 1.165) is 10.8 Å². The minimum Gasteiger partial charge on any atom is -0.414 e. The molecule has 2 aromatic carbocycles. The molecule has 6 nitrogen and oxygen atoms in total. The minimum atomic E-state index is -0.257. The molecule has 1 N–H and O–H groups in total. The molecule has 0 spiro atoms. The van der Waals surface area contributed by atoms with Gasteiger partial charge in [0.25, 0.3) is 16.7 Å². The van der Waals surface area contributed by atoms with Crippen LogP contribution in [0.5, 0.6) is 0 Å². The highest BCUT2D eigenvalue weighted by atomic mass is 32.1. The van der Waals surface area contributed by atoms with Crippen LogP contribution in [0.1, 0.15) is 33.0 Å². The summed E-state index contributed by atoms with van der Waals surface area (Å²) in [4.78, 5) is 26.9. The number of amides is 2. The van der Waals surface area contributed by atoms with Crippen LogP contribution in [-0.2, 0) is 6.42 Å². The number of H-pyrrole nitrogens is 1. The van der Waals surface area contributed by atoms with Crippen LogP contribution in [0, 0.1) is 4.84 Å². The van der Waals surface area contributed by atoms with E-state index in [1.54, 1.807) is 12.1 Å². The van der Waals surface area contributed by atoms with Crippen LogP contribution in [0.15, 0.2) is 40.8 Å². The van der Waals surface area contributed by atoms with Gasteiger partial charge in [-0.3, -0.25) is 14.5 Å². The zero-order valence-electron chi connectivity index (χ0n) is 12.6. The van der Waals surface area contributed by atoms with Gasteiger partial charge >= 0.3 is 0 Å². The van der Waals surface area contributed by atoms with Crippen molar-refractivity contribution >= 4 is 34.8 Å². The Balaban J connectivity index is 1.61. The molecule has 0 saturated carbocycles. The number of carbonyl (C=O) groups excluding carboxylic acids is 2. The van der Waals surface area contributed by atoms with Crippen molar-refractivity contribution in [2.45, 2.75) is 12.8 Å². The van der Waals surface area contributed by atoms with E-state index >= 15 is 0 Å². The third-order valence-corrected chi connectivity index (χ3v) is 4.29. The zero-order chi connectivity index (χ0) is 16.7. The van der Waals surface area contributed by atoms with Gasteiger partial charge in [0, 0.05) is 29.5 Å². The standard InChI is InChI=1S/C17H13N3O3S/c21-15-11-6-1-4-10-5-2-7-12(14(10)11)16(22)20(15)9-3-8-13-18-19-17(24)23-13/h1-2,4-7H,3,8-9H2,(H,19,24). The van der Waals surface area contributed by atoms with Crippen LogP contribution in [0.4, 0.5) is 0 Å². The second kappa shape index (κ2) is 5.68. The Bertz CT molecular complexity index is 970. The zero-order valence-corrected chi connectivity index (χ0v) is 13.4. The molecule has 120 valence electrons. The first kappa shape index (κ1) is 14.8. The van der Waals surface area contributed by atoms with E-state index in [2.05, 4.69) is 10.2 Å². The summed E-state index contributed by atoms with van der Waals surface area (Å²) in [6, 6.07) is 11.0. The number of imide groups is 1. The van der Waals surface area contributed by atoms with Gasteiger partial charge in [0.2, 0.25) is 5.89 Å². The van der Waals surface area contributed by atoms with E-state index in [9.17, 15) is 9.59 Å². The summed E-state index contributed by atoms with van der Waals surface area (Å²) in [5.41, 5.74) is 1.14. The molecule has 1 aliphatic rings. The van der Waals surface area contributed by atoms with Crippen molar-refractivity contribution in [2.24, 2.45) is 0 Å². The van der Waals surface area contributed by atoms with E-state index < -0.39 is 0 Å². The van der Waals surface area contributed by atoms with Crippen LogP contribution in [0.25, 0.3) is 10.8 Å². The summed E-state index contributed by atoms with van der Waals surface area (Å²) >= 11 is 4.82. The fourth-order valence-corrected chi connectivity index (χ4v) is 3.18. The van der Waals surface area contributed by atoms with Crippen molar-refractivity contribution in [1.29, 1.82) is 0 Å². The van der Waals surface area contributed by atoms with E-state index in [-0.39, 0.29) is 16.7 Å². The Morgan fingerprint density at radius 2 is 1.75 bits per heavy atom. The predicted octanol–water partition coefficient (Wildman–Crippen LogP) is 3.11. The molecule has 0 radical (unpaired) electrons. The van der Waals surface area contributed by atoms with Gasteiger partial charge in [-0.25, -0.2) is 5.10 Å². The molecule has 0 bridgehead atoms. The normalized spacial score (nSPS) is 13.8. The molecular formula is C17H13N3O3S. The summed E-state index contributed by atoms with van der Waals surface area (Å²) in [6.45, 7) is 0.303. The quantitative estimate of drug-likeness (QED) is 0.583. The Morgan fingerprint density at radius 3 is 2.33 bits per heavy atom. The minimum absolute atomic E-state index is 0.218. The van der Waals surface area contributed by atoms with E-state index in [4.69, 9.17) is 16.6 Å². The maximum Gasteiger partial charge on any atom is 0.284 e. The molecule has 2 amide bonds. The number of aryl methyl sites for hydroxylation is 1. The van der Waals surface area contributed by atoms with Crippen molar-refractivity contribution in [3.63, 3.8) is 0 Å². The summed E-state index contributed by atoms with van der Waals surface area (Å²) < 4.78 is 5.19. The largest absolute Gasteiger partial charge is 0.414 e. The first-order valence-electron chi connectivity index (χ1n) is 7.57. The van der Waals surface area contributed by atoms with Gasteiger partial charge in [-0.2, -0.15) is 0 Å². The number of hydrogen-bond acceptors (Lipinski definition) is 5. The van der Waals surface area contributed by atoms with Gasteiger partial charge < -0.3 is 4.42 Å². The van der Waals surface area contributed by atoms with Gasteiger partial charge in [0.15, 0.2) is 0 Å². The lowest BCUT2D eigenvalue weighted by Crippen LogP contribution is -2.41. The number of nitrogens with zero attached hydrogens (tertiary/aromatic N) is 2. The molecule has 0 unspecified atom stereocenters. The Morgan fingerprint density at radius 1 is 1.08 bits per heavy atom. The maximum absolute atomic E-state index is 12.7. The summed E-state index contributed by atoms with van der Waals surface area (Å²) in [5, 5.41) is 8.11. The van der Waals surface area contributed by atoms with Crippen LogP contribution < -0.4 is 0 Å². The van der Waals surface area contributed by atoms with Crippen LogP contribution in [0.2, 0.25) is 0 Å². The lowest BCUT2D eigenvalue weighted by molar-refractivity contribution is 0.0608. The first-order valence-corrected chi connectivity index (χ1v) is 7.98. The summed E-state index contributed by atoms with van der Waals surface area (Å²) in [7, 11) is 0. The molecular weight excluding hydrogens is 326 g/mol. The van der Waals surface area contributed by atoms with Crippen molar-refractivity contribution in [1.82, 2.24) is 15.1 Å². The van der Waals surface area contributed by atoms with Gasteiger partial charge in [-0.1, -0.05) is 24.3 Å². The fourth-order valence-electron chi connectivity index (χ4n) is 3.04. The molecule has 4 rings (SSSR count). The van der Waals surface area contributed by atoms with E-state index in [1.807, 2.05) is 24.3 Å². The number of hydrogen-bond donors (Lipinski definition) is 1. The SMILES string of the molecule is O=C1c2cccc3cccc(c23)C(=O)N1CCCc1n[nH]c(=S)o1. The van der Waals surface area contributed by atoms with Gasteiger partial charge in [-0.05, 0) is 36.2 Å². The second-order valence-electron chi connectivity index (χ2n) is 5.58. The molecule has 0 fully saturated rings. The molecule has 0 saturated heterocycles. The van der Waals surface area contributed by atoms with Crippen molar-refractivity contribution in [3.05, 3.63) is 58.3 Å². The molecule has 0 aliphatic carbocycles. The summed E-state index contributed by atoms with van der Waals surface area (Å²) in [5.74, 6) is -0.0427. The molecule has 1 aliphatic heterocycles. The highest BCUT2D eigenvalue weighted by Crippen LogP contribution is 2.29. The Hall–Kier alpha value is -2.80. The number of carbonyl (C=O) groups is 2.